The van der Waals surface area contributed by atoms with Crippen molar-refractivity contribution >= 4 is 17.3 Å². The van der Waals surface area contributed by atoms with Crippen LogP contribution in [0.4, 0.5) is 18.9 Å². The Bertz CT molecular complexity index is 501. The Hall–Kier alpha value is -1.28. The number of anilines is 1. The third-order valence-electron chi connectivity index (χ3n) is 2.41. The molecule has 1 rings (SSSR count). The molecular weight excluding hydrogens is 297 g/mol. The van der Waals surface area contributed by atoms with E-state index < -0.39 is 18.3 Å². The summed E-state index contributed by atoms with van der Waals surface area (Å²) in [7, 11) is 3.85. The van der Waals surface area contributed by atoms with Crippen LogP contribution in [0.5, 0.6) is 0 Å². The van der Waals surface area contributed by atoms with Gasteiger partial charge in [-0.1, -0.05) is 11.6 Å². The van der Waals surface area contributed by atoms with Crippen molar-refractivity contribution in [3.8, 4) is 0 Å². The topological polar surface area (TPSA) is 50.2 Å². The highest BCUT2D eigenvalue weighted by atomic mass is 35.5. The molecular formula is C11H16ClF3N4O. The Morgan fingerprint density at radius 2 is 2.10 bits per heavy atom. The summed E-state index contributed by atoms with van der Waals surface area (Å²) >= 11 is 5.76. The van der Waals surface area contributed by atoms with Crippen LogP contribution in [0.2, 0.25) is 5.02 Å². The Balaban J connectivity index is 2.72. The molecule has 9 heteroatoms. The summed E-state index contributed by atoms with van der Waals surface area (Å²) in [6.07, 6.45) is -2.58. The molecule has 0 saturated carbocycles. The maximum Gasteiger partial charge on any atom is 0.408 e. The van der Waals surface area contributed by atoms with Gasteiger partial charge in [0.15, 0.2) is 0 Å². The SMILES string of the molecule is CN(C)CCCNc1cnn(CC(F)(F)F)c(=O)c1Cl. The fourth-order valence-corrected chi connectivity index (χ4v) is 1.70. The highest BCUT2D eigenvalue weighted by molar-refractivity contribution is 6.32. The first-order valence-corrected chi connectivity index (χ1v) is 6.29. The second kappa shape index (κ2) is 6.94. The average molecular weight is 313 g/mol. The van der Waals surface area contributed by atoms with Crippen LogP contribution in [0.3, 0.4) is 0 Å². The third-order valence-corrected chi connectivity index (χ3v) is 2.78. The number of nitrogens with zero attached hydrogens (tertiary/aromatic N) is 3. The van der Waals surface area contributed by atoms with E-state index in [0.29, 0.717) is 11.2 Å². The lowest BCUT2D eigenvalue weighted by Gasteiger charge is -2.13. The van der Waals surface area contributed by atoms with E-state index >= 15 is 0 Å². The first kappa shape index (κ1) is 16.8. The van der Waals surface area contributed by atoms with E-state index in [1.807, 2.05) is 19.0 Å². The zero-order valence-corrected chi connectivity index (χ0v) is 11.9. The molecule has 0 spiro atoms. The summed E-state index contributed by atoms with van der Waals surface area (Å²) in [4.78, 5) is 13.6. The van der Waals surface area contributed by atoms with Crippen LogP contribution >= 0.6 is 11.6 Å². The summed E-state index contributed by atoms with van der Waals surface area (Å²) in [6, 6.07) is 0. The molecule has 0 saturated heterocycles. The molecule has 1 N–H and O–H groups in total. The fourth-order valence-electron chi connectivity index (χ4n) is 1.49. The van der Waals surface area contributed by atoms with Crippen molar-refractivity contribution in [2.24, 2.45) is 0 Å². The number of nitrogens with one attached hydrogen (secondary N) is 1. The van der Waals surface area contributed by atoms with Gasteiger partial charge in [-0.3, -0.25) is 4.79 Å². The molecule has 0 aliphatic rings. The van der Waals surface area contributed by atoms with Crippen LogP contribution in [0.25, 0.3) is 0 Å². The van der Waals surface area contributed by atoms with E-state index in [-0.39, 0.29) is 10.7 Å². The minimum Gasteiger partial charge on any atom is -0.382 e. The summed E-state index contributed by atoms with van der Waals surface area (Å²) in [5.74, 6) is 0. The van der Waals surface area contributed by atoms with Gasteiger partial charge in [-0.15, -0.1) is 0 Å². The van der Waals surface area contributed by atoms with Gasteiger partial charge in [0, 0.05) is 6.54 Å². The van der Waals surface area contributed by atoms with Crippen LogP contribution in [0.1, 0.15) is 6.42 Å². The first-order chi connectivity index (χ1) is 9.20. The minimum atomic E-state index is -4.51. The molecule has 0 unspecified atom stereocenters. The lowest BCUT2D eigenvalue weighted by atomic mass is 10.3. The highest BCUT2D eigenvalue weighted by Crippen LogP contribution is 2.18. The Morgan fingerprint density at radius 3 is 2.65 bits per heavy atom. The molecule has 0 bridgehead atoms. The zero-order chi connectivity index (χ0) is 15.3. The largest absolute Gasteiger partial charge is 0.408 e. The molecule has 20 heavy (non-hydrogen) atoms. The van der Waals surface area contributed by atoms with E-state index in [1.54, 1.807) is 0 Å². The summed E-state index contributed by atoms with van der Waals surface area (Å²) in [5, 5.41) is 6.07. The van der Waals surface area contributed by atoms with Gasteiger partial charge in [0.05, 0.1) is 11.9 Å². The second-order valence-corrected chi connectivity index (χ2v) is 4.91. The van der Waals surface area contributed by atoms with E-state index in [4.69, 9.17) is 11.6 Å². The van der Waals surface area contributed by atoms with Crippen molar-refractivity contribution in [1.82, 2.24) is 14.7 Å². The van der Waals surface area contributed by atoms with Gasteiger partial charge < -0.3 is 10.2 Å². The van der Waals surface area contributed by atoms with Gasteiger partial charge >= 0.3 is 6.18 Å². The first-order valence-electron chi connectivity index (χ1n) is 5.91. The van der Waals surface area contributed by atoms with Crippen LogP contribution in [-0.2, 0) is 6.54 Å². The number of hydrogen-bond donors (Lipinski definition) is 1. The van der Waals surface area contributed by atoms with Crippen molar-refractivity contribution in [3.63, 3.8) is 0 Å². The van der Waals surface area contributed by atoms with Crippen molar-refractivity contribution in [3.05, 3.63) is 21.6 Å². The normalized spacial score (nSPS) is 11.9. The summed E-state index contributed by atoms with van der Waals surface area (Å²) in [6.45, 7) is -0.0715. The summed E-state index contributed by atoms with van der Waals surface area (Å²) in [5.41, 5.74) is -0.713. The zero-order valence-electron chi connectivity index (χ0n) is 11.2. The van der Waals surface area contributed by atoms with Gasteiger partial charge in [-0.05, 0) is 27.1 Å². The van der Waals surface area contributed by atoms with Crippen LogP contribution in [0, 0.1) is 0 Å². The van der Waals surface area contributed by atoms with Crippen LogP contribution < -0.4 is 10.9 Å². The smallest absolute Gasteiger partial charge is 0.382 e. The Morgan fingerprint density at radius 1 is 1.45 bits per heavy atom. The van der Waals surface area contributed by atoms with Gasteiger partial charge in [0.1, 0.15) is 11.6 Å². The maximum atomic E-state index is 12.2. The van der Waals surface area contributed by atoms with Crippen molar-refractivity contribution in [2.75, 3.05) is 32.5 Å². The molecule has 0 aromatic carbocycles. The number of rotatable bonds is 6. The Labute approximate surface area is 119 Å². The molecule has 114 valence electrons. The van der Waals surface area contributed by atoms with E-state index in [0.717, 1.165) is 19.2 Å². The van der Waals surface area contributed by atoms with Crippen molar-refractivity contribution in [1.29, 1.82) is 0 Å². The molecule has 1 aromatic rings. The van der Waals surface area contributed by atoms with Gasteiger partial charge in [0.2, 0.25) is 0 Å². The molecule has 1 heterocycles. The second-order valence-electron chi connectivity index (χ2n) is 4.53. The maximum absolute atomic E-state index is 12.2. The van der Waals surface area contributed by atoms with Crippen LogP contribution in [-0.4, -0.2) is 48.0 Å². The van der Waals surface area contributed by atoms with Gasteiger partial charge in [-0.2, -0.15) is 18.3 Å². The molecule has 0 aliphatic carbocycles. The quantitative estimate of drug-likeness (QED) is 0.814. The van der Waals surface area contributed by atoms with Crippen molar-refractivity contribution < 1.29 is 13.2 Å². The number of halogens is 4. The monoisotopic (exact) mass is 312 g/mol. The van der Waals surface area contributed by atoms with E-state index in [9.17, 15) is 18.0 Å². The number of hydrogen-bond acceptors (Lipinski definition) is 4. The van der Waals surface area contributed by atoms with Gasteiger partial charge in [0.25, 0.3) is 5.56 Å². The third kappa shape index (κ3) is 5.38. The number of alkyl halides is 3. The minimum absolute atomic E-state index is 0.244. The van der Waals surface area contributed by atoms with E-state index in [2.05, 4.69) is 10.4 Å². The average Bonchev–Trinajstić information content (AvgIpc) is 2.31. The standard InChI is InChI=1S/C11H16ClF3N4O/c1-18(2)5-3-4-16-8-6-17-19(7-11(13,14)15)10(20)9(8)12/h6,16H,3-5,7H2,1-2H3. The molecule has 0 atom stereocenters. The predicted molar refractivity (Wildman–Crippen MR) is 71.2 cm³/mol. The summed E-state index contributed by atoms with van der Waals surface area (Å²) < 4.78 is 36.9. The predicted octanol–water partition coefficient (Wildman–Crippen LogP) is 1.82. The molecule has 0 fully saturated rings. The molecule has 0 aliphatic heterocycles. The molecule has 0 amide bonds. The van der Waals surface area contributed by atoms with E-state index in [1.165, 1.54) is 0 Å². The molecule has 5 nitrogen and oxygen atoms in total. The van der Waals surface area contributed by atoms with Crippen LogP contribution in [0.15, 0.2) is 11.0 Å². The Kier molecular flexibility index (Phi) is 5.82. The van der Waals surface area contributed by atoms with Crippen molar-refractivity contribution in [2.45, 2.75) is 19.1 Å². The molecule has 0 radical (unpaired) electrons. The fraction of sp³-hybridized carbons (Fsp3) is 0.636. The molecule has 1 aromatic heterocycles. The highest BCUT2D eigenvalue weighted by Gasteiger charge is 2.29. The lowest BCUT2D eigenvalue weighted by Crippen LogP contribution is -2.31. The number of aromatic nitrogens is 2. The lowest BCUT2D eigenvalue weighted by molar-refractivity contribution is -0.143. The van der Waals surface area contributed by atoms with Gasteiger partial charge in [-0.25, -0.2) is 4.68 Å².